The second-order valence-corrected chi connectivity index (χ2v) is 7.07. The number of carbonyl (C=O) groups excluding carboxylic acids is 4. The number of esters is 1. The Labute approximate surface area is 148 Å². The fraction of sp³-hybridized carbons (Fsp3) is 0.500. The lowest BCUT2D eigenvalue weighted by molar-refractivity contribution is -0.159. The number of amides is 4. The Morgan fingerprint density at radius 3 is 2.96 bits per heavy atom. The molecule has 0 bridgehead atoms. The molecule has 2 aliphatic heterocycles. The third-order valence-corrected chi connectivity index (χ3v) is 5.29. The summed E-state index contributed by atoms with van der Waals surface area (Å²) in [5.41, 5.74) is 1.14. The minimum atomic E-state index is -0.875. The molecule has 3 rings (SSSR count). The lowest BCUT2D eigenvalue weighted by Gasteiger charge is -2.29. The van der Waals surface area contributed by atoms with Crippen LogP contribution in [-0.4, -0.2) is 47.4 Å². The highest BCUT2D eigenvalue weighted by atomic mass is 32.1. The van der Waals surface area contributed by atoms with Crippen molar-refractivity contribution in [3.8, 4) is 0 Å². The molecule has 1 aromatic heterocycles. The van der Waals surface area contributed by atoms with Crippen LogP contribution in [0.15, 0.2) is 11.4 Å². The van der Waals surface area contributed by atoms with Crippen LogP contribution in [-0.2, 0) is 32.1 Å². The van der Waals surface area contributed by atoms with Crippen molar-refractivity contribution >= 4 is 35.2 Å². The molecule has 0 radical (unpaired) electrons. The Morgan fingerprint density at radius 1 is 1.44 bits per heavy atom. The monoisotopic (exact) mass is 365 g/mol. The number of thiophene rings is 1. The van der Waals surface area contributed by atoms with Gasteiger partial charge in [0.25, 0.3) is 11.8 Å². The summed E-state index contributed by atoms with van der Waals surface area (Å²) in [5.74, 6) is -1.25. The van der Waals surface area contributed by atoms with E-state index in [0.717, 1.165) is 12.0 Å². The number of hydrogen-bond donors (Lipinski definition) is 2. The van der Waals surface area contributed by atoms with Gasteiger partial charge >= 0.3 is 12.0 Å². The van der Waals surface area contributed by atoms with Gasteiger partial charge in [0, 0.05) is 24.4 Å². The van der Waals surface area contributed by atoms with Gasteiger partial charge in [-0.05, 0) is 36.8 Å². The summed E-state index contributed by atoms with van der Waals surface area (Å²) in [7, 11) is 0. The van der Waals surface area contributed by atoms with Crippen LogP contribution in [0.1, 0.15) is 30.2 Å². The Balaban J connectivity index is 1.46. The average Bonchev–Trinajstić information content (AvgIpc) is 3.17. The van der Waals surface area contributed by atoms with Crippen molar-refractivity contribution in [1.29, 1.82) is 0 Å². The topological polar surface area (TPSA) is 105 Å². The molecule has 0 spiro atoms. The van der Waals surface area contributed by atoms with Gasteiger partial charge in [-0.3, -0.25) is 19.7 Å². The smallest absolute Gasteiger partial charge is 0.322 e. The molecule has 2 atom stereocenters. The molecule has 0 unspecified atom stereocenters. The number of ether oxygens (including phenoxy) is 1. The second-order valence-electron chi connectivity index (χ2n) is 6.06. The predicted octanol–water partition coefficient (Wildman–Crippen LogP) is 0.553. The lowest BCUT2D eigenvalue weighted by atomic mass is 10.1. The Bertz CT molecular complexity index is 716. The average molecular weight is 365 g/mol. The van der Waals surface area contributed by atoms with Gasteiger partial charge in [0.15, 0.2) is 6.10 Å². The Hall–Kier alpha value is -2.42. The fourth-order valence-corrected chi connectivity index (χ4v) is 3.81. The van der Waals surface area contributed by atoms with Crippen molar-refractivity contribution in [2.45, 2.75) is 44.9 Å². The second kappa shape index (κ2) is 7.22. The van der Waals surface area contributed by atoms with Gasteiger partial charge in [0.2, 0.25) is 0 Å². The van der Waals surface area contributed by atoms with E-state index >= 15 is 0 Å². The number of carbonyl (C=O) groups is 4. The third-order valence-electron chi connectivity index (χ3n) is 4.27. The summed E-state index contributed by atoms with van der Waals surface area (Å²) in [6.07, 6.45) is 0.0273. The summed E-state index contributed by atoms with van der Waals surface area (Å²) in [6.45, 7) is 2.70. The van der Waals surface area contributed by atoms with Crippen molar-refractivity contribution < 1.29 is 23.9 Å². The van der Waals surface area contributed by atoms with Crippen molar-refractivity contribution in [2.24, 2.45) is 0 Å². The molecule has 2 N–H and O–H groups in total. The zero-order chi connectivity index (χ0) is 18.0. The molecule has 3 heterocycles. The van der Waals surface area contributed by atoms with E-state index in [-0.39, 0.29) is 18.7 Å². The Kier molecular flexibility index (Phi) is 5.03. The summed E-state index contributed by atoms with van der Waals surface area (Å²) in [6, 6.07) is 0.715. The maximum absolute atomic E-state index is 12.5. The molecule has 1 saturated heterocycles. The molecule has 4 amide bonds. The third kappa shape index (κ3) is 3.98. The summed E-state index contributed by atoms with van der Waals surface area (Å²) < 4.78 is 5.18. The van der Waals surface area contributed by atoms with Crippen LogP contribution in [0.4, 0.5) is 4.79 Å². The van der Waals surface area contributed by atoms with Gasteiger partial charge in [0.05, 0.1) is 0 Å². The van der Waals surface area contributed by atoms with Gasteiger partial charge in [-0.15, -0.1) is 11.3 Å². The van der Waals surface area contributed by atoms with Crippen LogP contribution < -0.4 is 10.6 Å². The number of urea groups is 1. The van der Waals surface area contributed by atoms with E-state index in [1.165, 1.54) is 4.88 Å². The van der Waals surface area contributed by atoms with Gasteiger partial charge in [-0.1, -0.05) is 0 Å². The van der Waals surface area contributed by atoms with E-state index in [2.05, 4.69) is 10.6 Å². The van der Waals surface area contributed by atoms with E-state index in [4.69, 9.17) is 4.74 Å². The van der Waals surface area contributed by atoms with E-state index in [0.29, 0.717) is 13.1 Å². The largest absolute Gasteiger partial charge is 0.453 e. The molecule has 1 fully saturated rings. The van der Waals surface area contributed by atoms with Crippen molar-refractivity contribution in [1.82, 2.24) is 15.5 Å². The molecule has 8 nitrogen and oxygen atoms in total. The maximum atomic E-state index is 12.5. The first-order valence-corrected chi connectivity index (χ1v) is 8.97. The molecule has 0 aromatic carbocycles. The Morgan fingerprint density at radius 2 is 2.24 bits per heavy atom. The van der Waals surface area contributed by atoms with Crippen LogP contribution in [0.2, 0.25) is 0 Å². The minimum Gasteiger partial charge on any atom is -0.453 e. The zero-order valence-corrected chi connectivity index (χ0v) is 14.6. The van der Waals surface area contributed by atoms with E-state index in [1.807, 2.05) is 11.4 Å². The van der Waals surface area contributed by atoms with Gasteiger partial charge in [-0.25, -0.2) is 4.79 Å². The van der Waals surface area contributed by atoms with Crippen LogP contribution in [0, 0.1) is 0 Å². The van der Waals surface area contributed by atoms with Crippen LogP contribution >= 0.6 is 11.3 Å². The summed E-state index contributed by atoms with van der Waals surface area (Å²) in [5, 5.41) is 6.52. The molecule has 1 aromatic rings. The number of imide groups is 1. The summed E-state index contributed by atoms with van der Waals surface area (Å²) in [4.78, 5) is 49.8. The number of fused-ring (bicyclic) bond motifs is 1. The molecule has 0 aliphatic carbocycles. The number of hydrogen-bond acceptors (Lipinski definition) is 6. The van der Waals surface area contributed by atoms with Crippen LogP contribution in [0.25, 0.3) is 0 Å². The first-order chi connectivity index (χ1) is 11.9. The SMILES string of the molecule is C[C@@H](OC(=O)CC[C@H]1NC(=O)NC1=O)C(=O)N1CCc2sccc2C1. The number of nitrogens with zero attached hydrogens (tertiary/aromatic N) is 1. The molecule has 25 heavy (non-hydrogen) atoms. The molecule has 9 heteroatoms. The highest BCUT2D eigenvalue weighted by Crippen LogP contribution is 2.24. The van der Waals surface area contributed by atoms with E-state index in [9.17, 15) is 19.2 Å². The van der Waals surface area contributed by atoms with Crippen molar-refractivity contribution in [3.05, 3.63) is 21.9 Å². The first kappa shape index (κ1) is 17.4. The summed E-state index contributed by atoms with van der Waals surface area (Å²) >= 11 is 1.69. The van der Waals surface area contributed by atoms with Crippen LogP contribution in [0.3, 0.4) is 0 Å². The van der Waals surface area contributed by atoms with Gasteiger partial charge in [-0.2, -0.15) is 0 Å². The predicted molar refractivity (Wildman–Crippen MR) is 88.7 cm³/mol. The number of rotatable bonds is 5. The molecule has 2 aliphatic rings. The quantitative estimate of drug-likeness (QED) is 0.586. The maximum Gasteiger partial charge on any atom is 0.322 e. The number of nitrogens with one attached hydrogen (secondary N) is 2. The normalized spacial score (nSPS) is 20.5. The first-order valence-electron chi connectivity index (χ1n) is 8.09. The highest BCUT2D eigenvalue weighted by Gasteiger charge is 2.31. The zero-order valence-electron chi connectivity index (χ0n) is 13.7. The molecule has 0 saturated carbocycles. The lowest BCUT2D eigenvalue weighted by Crippen LogP contribution is -2.42. The van der Waals surface area contributed by atoms with Crippen molar-refractivity contribution in [3.63, 3.8) is 0 Å². The molecular formula is C16H19N3O5S. The van der Waals surface area contributed by atoms with Crippen molar-refractivity contribution in [2.75, 3.05) is 6.54 Å². The van der Waals surface area contributed by atoms with Gasteiger partial charge < -0.3 is 15.0 Å². The molecule has 134 valence electrons. The molecular weight excluding hydrogens is 346 g/mol. The fourth-order valence-electron chi connectivity index (χ4n) is 2.92. The van der Waals surface area contributed by atoms with Gasteiger partial charge in [0.1, 0.15) is 6.04 Å². The van der Waals surface area contributed by atoms with E-state index < -0.39 is 30.1 Å². The standard InChI is InChI=1S/C16H19N3O5S/c1-9(15(22)19-6-4-12-10(8-19)5-7-25-12)24-13(20)3-2-11-14(21)18-16(23)17-11/h5,7,9,11H,2-4,6,8H2,1H3,(H2,17,18,21,23)/t9-,11-/m1/s1. The minimum absolute atomic E-state index is 0.0509. The highest BCUT2D eigenvalue weighted by molar-refractivity contribution is 7.10. The van der Waals surface area contributed by atoms with E-state index in [1.54, 1.807) is 23.2 Å². The van der Waals surface area contributed by atoms with Crippen LogP contribution in [0.5, 0.6) is 0 Å².